The minimum absolute atomic E-state index is 0.0194. The van der Waals surface area contributed by atoms with Crippen LogP contribution in [-0.2, 0) is 4.79 Å². The Balaban J connectivity index is 1.29. The Morgan fingerprint density at radius 2 is 1.82 bits per heavy atom. The molecule has 4 aromatic rings. The summed E-state index contributed by atoms with van der Waals surface area (Å²) in [6, 6.07) is 11.5. The third-order valence-corrected chi connectivity index (χ3v) is 9.32. The number of anilines is 1. The molecule has 3 aliphatic rings. The number of pyridine rings is 1. The molecule has 0 unspecified atom stereocenters. The van der Waals surface area contributed by atoms with Crippen molar-refractivity contribution in [2.24, 2.45) is 5.41 Å². The topological polar surface area (TPSA) is 74.7 Å². The summed E-state index contributed by atoms with van der Waals surface area (Å²) in [6.07, 6.45) is 5.99. The lowest BCUT2D eigenvalue weighted by molar-refractivity contribution is -0.126. The second-order valence-corrected chi connectivity index (χ2v) is 12.5. The summed E-state index contributed by atoms with van der Waals surface area (Å²) in [7, 11) is 0. The molecule has 1 saturated carbocycles. The van der Waals surface area contributed by atoms with Gasteiger partial charge in [0, 0.05) is 48.6 Å². The molecule has 1 aliphatic carbocycles. The van der Waals surface area contributed by atoms with Gasteiger partial charge in [0.15, 0.2) is 5.65 Å². The Kier molecular flexibility index (Phi) is 7.40. The van der Waals surface area contributed by atoms with Crippen molar-refractivity contribution in [2.45, 2.75) is 38.6 Å². The van der Waals surface area contributed by atoms with Gasteiger partial charge >= 0.3 is 6.01 Å². The molecule has 0 N–H and O–H groups in total. The molecule has 44 heavy (non-hydrogen) atoms. The molecule has 4 heterocycles. The van der Waals surface area contributed by atoms with Crippen LogP contribution >= 0.6 is 0 Å². The first kappa shape index (κ1) is 28.6. The van der Waals surface area contributed by atoms with Crippen molar-refractivity contribution in [3.63, 3.8) is 0 Å². The first-order valence-corrected chi connectivity index (χ1v) is 15.4. The van der Waals surface area contributed by atoms with Crippen LogP contribution in [0, 0.1) is 17.0 Å². The molecule has 0 bridgehead atoms. The van der Waals surface area contributed by atoms with Crippen molar-refractivity contribution in [3.8, 4) is 17.3 Å². The normalized spacial score (nSPS) is 19.9. The first-order valence-electron chi connectivity index (χ1n) is 15.4. The molecule has 0 radical (unpaired) electrons. The predicted octanol–water partition coefficient (Wildman–Crippen LogP) is 5.60. The lowest BCUT2D eigenvalue weighted by atomic mass is 10.0. The third-order valence-electron chi connectivity index (χ3n) is 9.32. The van der Waals surface area contributed by atoms with Crippen molar-refractivity contribution in [1.29, 1.82) is 0 Å². The number of hydrogen-bond acceptors (Lipinski definition) is 7. The minimum atomic E-state index is -0.595. The number of aromatic nitrogens is 3. The summed E-state index contributed by atoms with van der Waals surface area (Å²) in [5.41, 5.74) is 0.742. The molecular weight excluding hydrogens is 562 g/mol. The van der Waals surface area contributed by atoms with Gasteiger partial charge in [-0.1, -0.05) is 36.9 Å². The molecular formula is C34H36F2N6O2. The maximum absolute atomic E-state index is 16.0. The number of carbonyl (C=O) groups is 1. The fourth-order valence-electron chi connectivity index (χ4n) is 6.72. The van der Waals surface area contributed by atoms with Gasteiger partial charge in [0.25, 0.3) is 0 Å². The Labute approximate surface area is 255 Å². The van der Waals surface area contributed by atoms with E-state index < -0.39 is 11.6 Å². The van der Waals surface area contributed by atoms with Crippen LogP contribution in [0.4, 0.5) is 14.6 Å². The molecule has 2 aromatic heterocycles. The number of likely N-dealkylation sites (tertiary alicyclic amines) is 1. The van der Waals surface area contributed by atoms with E-state index in [9.17, 15) is 4.79 Å². The van der Waals surface area contributed by atoms with Gasteiger partial charge in [-0.05, 0) is 69.3 Å². The van der Waals surface area contributed by atoms with E-state index in [2.05, 4.69) is 21.4 Å². The summed E-state index contributed by atoms with van der Waals surface area (Å²) in [4.78, 5) is 32.8. The number of amides is 1. The van der Waals surface area contributed by atoms with Gasteiger partial charge in [-0.2, -0.15) is 9.97 Å². The highest BCUT2D eigenvalue weighted by Gasteiger charge is 2.45. The lowest BCUT2D eigenvalue weighted by Crippen LogP contribution is -2.53. The van der Waals surface area contributed by atoms with E-state index in [1.165, 1.54) is 31.1 Å². The van der Waals surface area contributed by atoms with Crippen molar-refractivity contribution >= 4 is 33.5 Å². The quantitative estimate of drug-likeness (QED) is 0.245. The van der Waals surface area contributed by atoms with Crippen molar-refractivity contribution in [3.05, 3.63) is 66.8 Å². The Hall–Kier alpha value is -4.18. The number of benzene rings is 2. The zero-order valence-electron chi connectivity index (χ0n) is 24.9. The van der Waals surface area contributed by atoms with Crippen LogP contribution in [0.2, 0.25) is 0 Å². The molecule has 1 amide bonds. The molecule has 2 aliphatic heterocycles. The van der Waals surface area contributed by atoms with Crippen molar-refractivity contribution in [1.82, 2.24) is 24.8 Å². The molecule has 7 rings (SSSR count). The average Bonchev–Trinajstić information content (AvgIpc) is 3.60. The fourth-order valence-corrected chi connectivity index (χ4v) is 6.72. The first-order chi connectivity index (χ1) is 21.3. The largest absolute Gasteiger partial charge is 0.463 e. The standard InChI is InChI=1S/C34H36F2N6O2/c1-3-28(43)41-16-17-42(22(2)19-41)32-25-18-27(36)30(24-10-6-8-23-9-7-11-26(35)29(23)24)37-31(25)38-33(39-32)44-21-34(12-13-34)20-40-14-4-5-15-40/h3,6-11,18,22H,1,4-5,12-17,19-21H2,2H3/t22-/m1/s1. The monoisotopic (exact) mass is 598 g/mol. The van der Waals surface area contributed by atoms with Gasteiger partial charge in [-0.25, -0.2) is 13.8 Å². The van der Waals surface area contributed by atoms with Crippen LogP contribution in [0.25, 0.3) is 33.1 Å². The van der Waals surface area contributed by atoms with Crippen LogP contribution in [0.15, 0.2) is 55.1 Å². The summed E-state index contributed by atoms with van der Waals surface area (Å²) < 4.78 is 37.3. The van der Waals surface area contributed by atoms with E-state index in [1.54, 1.807) is 35.2 Å². The molecule has 0 spiro atoms. The highest BCUT2D eigenvalue weighted by molar-refractivity contribution is 5.98. The van der Waals surface area contributed by atoms with Gasteiger partial charge in [0.05, 0.1) is 12.0 Å². The molecule has 1 atom stereocenters. The van der Waals surface area contributed by atoms with Crippen LogP contribution < -0.4 is 9.64 Å². The Morgan fingerprint density at radius 1 is 1.05 bits per heavy atom. The van der Waals surface area contributed by atoms with E-state index in [1.807, 2.05) is 6.92 Å². The van der Waals surface area contributed by atoms with Crippen molar-refractivity contribution < 1.29 is 18.3 Å². The third kappa shape index (κ3) is 5.36. The SMILES string of the molecule is C=CC(=O)N1CCN(c2nc(OCC3(CN4CCCC4)CC3)nc3nc(-c4cccc5cccc(F)c45)c(F)cc23)[C@H](C)C1. The van der Waals surface area contributed by atoms with E-state index in [0.717, 1.165) is 32.5 Å². The molecule has 10 heteroatoms. The van der Waals surface area contributed by atoms with E-state index in [-0.39, 0.29) is 34.7 Å². The van der Waals surface area contributed by atoms with Crippen LogP contribution in [-0.4, -0.2) is 82.6 Å². The number of halogens is 2. The fraction of sp³-hybridized carbons (Fsp3) is 0.412. The van der Waals surface area contributed by atoms with Gasteiger partial charge in [-0.3, -0.25) is 4.79 Å². The van der Waals surface area contributed by atoms with Crippen molar-refractivity contribution in [2.75, 3.05) is 50.8 Å². The molecule has 8 nitrogen and oxygen atoms in total. The number of hydrogen-bond donors (Lipinski definition) is 0. The van der Waals surface area contributed by atoms with E-state index in [4.69, 9.17) is 14.7 Å². The average molecular weight is 599 g/mol. The number of ether oxygens (including phenoxy) is 1. The van der Waals surface area contributed by atoms with Gasteiger partial charge in [0.2, 0.25) is 5.91 Å². The smallest absolute Gasteiger partial charge is 0.320 e. The number of piperazine rings is 1. The number of rotatable bonds is 8. The van der Waals surface area contributed by atoms with Gasteiger partial charge < -0.3 is 19.4 Å². The summed E-state index contributed by atoms with van der Waals surface area (Å²) in [5.74, 6) is -0.655. The lowest BCUT2D eigenvalue weighted by Gasteiger charge is -2.40. The number of carbonyl (C=O) groups excluding carboxylic acids is 1. The molecule has 228 valence electrons. The second kappa shape index (κ2) is 11.4. The molecule has 3 fully saturated rings. The number of fused-ring (bicyclic) bond motifs is 2. The summed E-state index contributed by atoms with van der Waals surface area (Å²) in [6.45, 7) is 10.8. The van der Waals surface area contributed by atoms with Crippen LogP contribution in [0.3, 0.4) is 0 Å². The van der Waals surface area contributed by atoms with E-state index >= 15 is 8.78 Å². The minimum Gasteiger partial charge on any atom is -0.463 e. The Morgan fingerprint density at radius 3 is 2.55 bits per heavy atom. The summed E-state index contributed by atoms with van der Waals surface area (Å²) >= 11 is 0. The highest BCUT2D eigenvalue weighted by Crippen LogP contribution is 2.47. The molecule has 2 saturated heterocycles. The number of nitrogens with zero attached hydrogens (tertiary/aromatic N) is 6. The highest BCUT2D eigenvalue weighted by atomic mass is 19.1. The van der Waals surface area contributed by atoms with Gasteiger partial charge in [0.1, 0.15) is 23.1 Å². The maximum atomic E-state index is 16.0. The van der Waals surface area contributed by atoms with Gasteiger partial charge in [-0.15, -0.1) is 0 Å². The van der Waals surface area contributed by atoms with Crippen LogP contribution in [0.5, 0.6) is 6.01 Å². The predicted molar refractivity (Wildman–Crippen MR) is 167 cm³/mol. The molecule has 2 aromatic carbocycles. The zero-order chi connectivity index (χ0) is 30.4. The zero-order valence-corrected chi connectivity index (χ0v) is 24.9. The van der Waals surface area contributed by atoms with E-state index in [0.29, 0.717) is 53.8 Å². The maximum Gasteiger partial charge on any atom is 0.320 e. The second-order valence-electron chi connectivity index (χ2n) is 12.5. The summed E-state index contributed by atoms with van der Waals surface area (Å²) in [5, 5.41) is 1.40. The van der Waals surface area contributed by atoms with Crippen LogP contribution in [0.1, 0.15) is 32.6 Å². The Bertz CT molecular complexity index is 1750.